The number of anilines is 2. The number of aromatic amines is 1. The molecule has 1 amide bonds. The van der Waals surface area contributed by atoms with Gasteiger partial charge in [-0.05, 0) is 12.8 Å². The van der Waals surface area contributed by atoms with Crippen molar-refractivity contribution in [2.75, 3.05) is 11.1 Å². The first-order valence-corrected chi connectivity index (χ1v) is 5.31. The quantitative estimate of drug-likeness (QED) is 0.735. The van der Waals surface area contributed by atoms with E-state index in [0.717, 1.165) is 18.5 Å². The molecule has 7 nitrogen and oxygen atoms in total. The number of nitrogens with zero attached hydrogens (tertiary/aromatic N) is 2. The molecule has 2 aromatic rings. The Bertz CT molecular complexity index is 541. The molecule has 1 fully saturated rings. The molecule has 0 spiro atoms. The van der Waals surface area contributed by atoms with Crippen LogP contribution in [0.25, 0.3) is 0 Å². The minimum absolute atomic E-state index is 0.204. The van der Waals surface area contributed by atoms with Crippen molar-refractivity contribution in [3.63, 3.8) is 0 Å². The molecule has 1 aliphatic carbocycles. The lowest BCUT2D eigenvalue weighted by molar-refractivity contribution is 0.102. The van der Waals surface area contributed by atoms with Crippen LogP contribution in [0.2, 0.25) is 0 Å². The number of rotatable bonds is 3. The Hall–Kier alpha value is -2.31. The normalized spacial score (nSPS) is 14.8. The topological polar surface area (TPSA) is 110 Å². The highest BCUT2D eigenvalue weighted by molar-refractivity contribution is 6.06. The maximum Gasteiger partial charge on any atom is 0.279 e. The average molecular weight is 233 g/mol. The fraction of sp³-hybridized carbons (Fsp3) is 0.300. The zero-order valence-corrected chi connectivity index (χ0v) is 8.93. The fourth-order valence-electron chi connectivity index (χ4n) is 1.67. The second-order valence-corrected chi connectivity index (χ2v) is 4.01. The number of nitrogens with one attached hydrogen (secondary N) is 2. The Morgan fingerprint density at radius 2 is 2.41 bits per heavy atom. The van der Waals surface area contributed by atoms with Gasteiger partial charge in [-0.3, -0.25) is 9.89 Å². The largest absolute Gasteiger partial charge is 0.395 e. The number of carbonyl (C=O) groups is 1. The van der Waals surface area contributed by atoms with E-state index in [-0.39, 0.29) is 11.6 Å². The number of aromatic nitrogens is 3. The van der Waals surface area contributed by atoms with Crippen molar-refractivity contribution in [1.29, 1.82) is 0 Å². The van der Waals surface area contributed by atoms with Crippen LogP contribution in [-0.2, 0) is 0 Å². The Morgan fingerprint density at radius 1 is 1.59 bits per heavy atom. The molecule has 0 unspecified atom stereocenters. The molecule has 7 heteroatoms. The maximum absolute atomic E-state index is 11.8. The van der Waals surface area contributed by atoms with Gasteiger partial charge in [-0.2, -0.15) is 5.10 Å². The molecule has 1 saturated carbocycles. The summed E-state index contributed by atoms with van der Waals surface area (Å²) in [6.07, 6.45) is 3.56. The van der Waals surface area contributed by atoms with E-state index >= 15 is 0 Å². The summed E-state index contributed by atoms with van der Waals surface area (Å²) in [6, 6.07) is 1.54. The lowest BCUT2D eigenvalue weighted by atomic mass is 10.2. The van der Waals surface area contributed by atoms with Crippen molar-refractivity contribution in [2.24, 2.45) is 0 Å². The Kier molecular flexibility index (Phi) is 2.10. The third kappa shape index (κ3) is 1.75. The minimum Gasteiger partial charge on any atom is -0.395 e. The van der Waals surface area contributed by atoms with E-state index in [4.69, 9.17) is 5.73 Å². The molecule has 0 aliphatic heterocycles. The van der Waals surface area contributed by atoms with Gasteiger partial charge in [-0.15, -0.1) is 0 Å². The van der Waals surface area contributed by atoms with Gasteiger partial charge in [-0.25, -0.2) is 0 Å². The zero-order chi connectivity index (χ0) is 11.8. The molecule has 88 valence electrons. The molecule has 1 aliphatic rings. The number of nitrogens with two attached hydrogens (primary N) is 1. The summed E-state index contributed by atoms with van der Waals surface area (Å²) >= 11 is 0. The van der Waals surface area contributed by atoms with Gasteiger partial charge < -0.3 is 15.6 Å². The monoisotopic (exact) mass is 233 g/mol. The van der Waals surface area contributed by atoms with E-state index in [2.05, 4.69) is 25.2 Å². The first kappa shape index (κ1) is 9.88. The van der Waals surface area contributed by atoms with E-state index < -0.39 is 0 Å². The molecular weight excluding hydrogens is 222 g/mol. The van der Waals surface area contributed by atoms with E-state index in [0.29, 0.717) is 17.4 Å². The summed E-state index contributed by atoms with van der Waals surface area (Å²) < 4.78 is 4.61. The van der Waals surface area contributed by atoms with Gasteiger partial charge in [0.15, 0.2) is 11.5 Å². The smallest absolute Gasteiger partial charge is 0.279 e. The molecule has 2 aromatic heterocycles. The SMILES string of the molecule is Nc1c(C(=O)Nc2ccon2)n[nH]c1C1CC1. The van der Waals surface area contributed by atoms with Crippen molar-refractivity contribution >= 4 is 17.4 Å². The molecule has 0 saturated heterocycles. The van der Waals surface area contributed by atoms with Gasteiger partial charge >= 0.3 is 0 Å². The number of H-pyrrole nitrogens is 1. The summed E-state index contributed by atoms with van der Waals surface area (Å²) in [5.41, 5.74) is 7.36. The third-order valence-electron chi connectivity index (χ3n) is 2.71. The number of hydrogen-bond donors (Lipinski definition) is 3. The summed E-state index contributed by atoms with van der Waals surface area (Å²) in [7, 11) is 0. The second kappa shape index (κ2) is 3.62. The first-order valence-electron chi connectivity index (χ1n) is 5.31. The molecule has 0 bridgehead atoms. The number of carbonyl (C=O) groups excluding carboxylic acids is 1. The molecule has 0 aromatic carbocycles. The average Bonchev–Trinajstić information content (AvgIpc) is 2.88. The Balaban J connectivity index is 1.81. The predicted octanol–water partition coefficient (Wildman–Crippen LogP) is 1.11. The van der Waals surface area contributed by atoms with Gasteiger partial charge in [0.2, 0.25) is 0 Å². The number of nitrogen functional groups attached to an aromatic ring is 1. The molecule has 0 atom stereocenters. The highest BCUT2D eigenvalue weighted by Crippen LogP contribution is 2.42. The van der Waals surface area contributed by atoms with Gasteiger partial charge in [0.25, 0.3) is 5.91 Å². The standard InChI is InChI=1S/C10H11N5O2/c11-7-8(5-1-2-5)13-14-9(7)10(16)12-6-3-4-17-15-6/h3-5H,1-2,11H2,(H,13,14)(H,12,15,16). The van der Waals surface area contributed by atoms with Crippen LogP contribution in [-0.4, -0.2) is 21.3 Å². The van der Waals surface area contributed by atoms with Crippen molar-refractivity contribution < 1.29 is 9.32 Å². The first-order chi connectivity index (χ1) is 8.25. The highest BCUT2D eigenvalue weighted by Gasteiger charge is 2.30. The lowest BCUT2D eigenvalue weighted by Crippen LogP contribution is -2.14. The van der Waals surface area contributed by atoms with E-state index in [9.17, 15) is 4.79 Å². The summed E-state index contributed by atoms with van der Waals surface area (Å²) in [5.74, 6) is 0.376. The van der Waals surface area contributed by atoms with Crippen molar-refractivity contribution in [3.8, 4) is 0 Å². The zero-order valence-electron chi connectivity index (χ0n) is 8.93. The van der Waals surface area contributed by atoms with Crippen LogP contribution in [0.15, 0.2) is 16.9 Å². The van der Waals surface area contributed by atoms with Gasteiger partial charge in [-0.1, -0.05) is 5.16 Å². The molecule has 0 radical (unpaired) electrons. The molecule has 4 N–H and O–H groups in total. The van der Waals surface area contributed by atoms with Crippen LogP contribution in [0.3, 0.4) is 0 Å². The van der Waals surface area contributed by atoms with E-state index in [1.807, 2.05) is 0 Å². The van der Waals surface area contributed by atoms with Crippen LogP contribution in [0.1, 0.15) is 34.9 Å². The van der Waals surface area contributed by atoms with Crippen molar-refractivity contribution in [2.45, 2.75) is 18.8 Å². The van der Waals surface area contributed by atoms with Crippen LogP contribution >= 0.6 is 0 Å². The van der Waals surface area contributed by atoms with E-state index in [1.165, 1.54) is 6.26 Å². The van der Waals surface area contributed by atoms with Crippen LogP contribution < -0.4 is 11.1 Å². The highest BCUT2D eigenvalue weighted by atomic mass is 16.5. The Morgan fingerprint density at radius 3 is 3.06 bits per heavy atom. The lowest BCUT2D eigenvalue weighted by Gasteiger charge is -1.99. The second-order valence-electron chi connectivity index (χ2n) is 4.01. The summed E-state index contributed by atoms with van der Waals surface area (Å²) in [4.78, 5) is 11.8. The minimum atomic E-state index is -0.389. The van der Waals surface area contributed by atoms with Gasteiger partial charge in [0, 0.05) is 12.0 Å². The third-order valence-corrected chi connectivity index (χ3v) is 2.71. The molecule has 2 heterocycles. The predicted molar refractivity (Wildman–Crippen MR) is 59.4 cm³/mol. The number of amides is 1. The van der Waals surface area contributed by atoms with Gasteiger partial charge in [0.05, 0.1) is 11.4 Å². The summed E-state index contributed by atoms with van der Waals surface area (Å²) in [6.45, 7) is 0. The molecule has 17 heavy (non-hydrogen) atoms. The fourth-order valence-corrected chi connectivity index (χ4v) is 1.67. The van der Waals surface area contributed by atoms with Crippen molar-refractivity contribution in [3.05, 3.63) is 23.7 Å². The number of hydrogen-bond acceptors (Lipinski definition) is 5. The molecule has 3 rings (SSSR count). The van der Waals surface area contributed by atoms with Crippen LogP contribution in [0, 0.1) is 0 Å². The van der Waals surface area contributed by atoms with Crippen LogP contribution in [0.4, 0.5) is 11.5 Å². The van der Waals surface area contributed by atoms with Crippen molar-refractivity contribution in [1.82, 2.24) is 15.4 Å². The maximum atomic E-state index is 11.8. The Labute approximate surface area is 96.4 Å². The summed E-state index contributed by atoms with van der Waals surface area (Å²) in [5, 5.41) is 12.9. The van der Waals surface area contributed by atoms with Gasteiger partial charge in [0.1, 0.15) is 6.26 Å². The molecular formula is C10H11N5O2. The van der Waals surface area contributed by atoms with Crippen LogP contribution in [0.5, 0.6) is 0 Å². The van der Waals surface area contributed by atoms with E-state index in [1.54, 1.807) is 6.07 Å².